The van der Waals surface area contributed by atoms with Gasteiger partial charge in [0, 0.05) is 0 Å². The highest BCUT2D eigenvalue weighted by Crippen LogP contribution is 2.34. The average Bonchev–Trinajstić information content (AvgIpc) is 2.88. The second kappa shape index (κ2) is 4.49. The Morgan fingerprint density at radius 3 is 2.45 bits per heavy atom. The molecule has 1 unspecified atom stereocenters. The Morgan fingerprint density at radius 1 is 0.800 bits per heavy atom. The molecule has 1 atom stereocenters. The van der Waals surface area contributed by atoms with Crippen molar-refractivity contribution >= 4 is 10.8 Å². The molecule has 0 bridgehead atoms. The highest BCUT2D eigenvalue weighted by Gasteiger charge is 2.19. The predicted molar refractivity (Wildman–Crippen MR) is 86.0 cm³/mol. The zero-order chi connectivity index (χ0) is 13.5. The zero-order valence-corrected chi connectivity index (χ0v) is 11.8. The fourth-order valence-electron chi connectivity index (χ4n) is 3.47. The highest BCUT2D eigenvalue weighted by atomic mass is 14.2. The highest BCUT2D eigenvalue weighted by molar-refractivity contribution is 5.91. The normalized spacial score (nSPS) is 17.4. The van der Waals surface area contributed by atoms with E-state index < -0.39 is 0 Å². The second-order valence-electron chi connectivity index (χ2n) is 6.02. The van der Waals surface area contributed by atoms with Crippen LogP contribution in [0, 0.1) is 5.92 Å². The van der Waals surface area contributed by atoms with Crippen molar-refractivity contribution in [2.24, 2.45) is 5.92 Å². The second-order valence-corrected chi connectivity index (χ2v) is 6.02. The molecule has 0 heterocycles. The standard InChI is InChI=1S/C20H18/c1-14-11-18-10-8-16-7-9-17(13-20(16)19(18)12-14)15-5-3-2-4-6-15/h2-10,13-14H,11-12H2,1H3. The lowest BCUT2D eigenvalue weighted by Gasteiger charge is -2.08. The number of benzene rings is 3. The fourth-order valence-corrected chi connectivity index (χ4v) is 3.47. The molecule has 3 aromatic carbocycles. The molecule has 0 aromatic heterocycles. The van der Waals surface area contributed by atoms with Gasteiger partial charge in [-0.15, -0.1) is 0 Å². The number of fused-ring (bicyclic) bond motifs is 3. The smallest absolute Gasteiger partial charge is 0.0143 e. The first-order valence-electron chi connectivity index (χ1n) is 7.41. The maximum atomic E-state index is 2.38. The third-order valence-electron chi connectivity index (χ3n) is 4.46. The summed E-state index contributed by atoms with van der Waals surface area (Å²) in [6.45, 7) is 2.35. The van der Waals surface area contributed by atoms with Crippen LogP contribution in [0.5, 0.6) is 0 Å². The number of hydrogen-bond acceptors (Lipinski definition) is 0. The van der Waals surface area contributed by atoms with E-state index in [9.17, 15) is 0 Å². The Labute approximate surface area is 120 Å². The van der Waals surface area contributed by atoms with Crippen LogP contribution >= 0.6 is 0 Å². The maximum absolute atomic E-state index is 2.38. The summed E-state index contributed by atoms with van der Waals surface area (Å²) >= 11 is 0. The van der Waals surface area contributed by atoms with Crippen molar-refractivity contribution in [2.75, 3.05) is 0 Å². The summed E-state index contributed by atoms with van der Waals surface area (Å²) < 4.78 is 0. The van der Waals surface area contributed by atoms with Crippen LogP contribution in [0.25, 0.3) is 21.9 Å². The Hall–Kier alpha value is -2.08. The number of hydrogen-bond donors (Lipinski definition) is 0. The fraction of sp³-hybridized carbons (Fsp3) is 0.200. The molecule has 0 heteroatoms. The Bertz CT molecular complexity index is 769. The third kappa shape index (κ3) is 1.84. The minimum atomic E-state index is 0.788. The van der Waals surface area contributed by atoms with Crippen molar-refractivity contribution < 1.29 is 0 Å². The van der Waals surface area contributed by atoms with Gasteiger partial charge in [0.05, 0.1) is 0 Å². The largest absolute Gasteiger partial charge is 0.0622 e. The molecule has 3 aromatic rings. The molecule has 0 nitrogen and oxygen atoms in total. The van der Waals surface area contributed by atoms with Crippen molar-refractivity contribution in [1.82, 2.24) is 0 Å². The van der Waals surface area contributed by atoms with Crippen LogP contribution in [0.2, 0.25) is 0 Å². The van der Waals surface area contributed by atoms with E-state index in [1.54, 1.807) is 11.1 Å². The molecule has 0 aliphatic heterocycles. The van der Waals surface area contributed by atoms with E-state index >= 15 is 0 Å². The van der Waals surface area contributed by atoms with Gasteiger partial charge in [-0.05, 0) is 57.9 Å². The van der Waals surface area contributed by atoms with Crippen LogP contribution < -0.4 is 0 Å². The summed E-state index contributed by atoms with van der Waals surface area (Å²) in [4.78, 5) is 0. The molecule has 0 spiro atoms. The van der Waals surface area contributed by atoms with Gasteiger partial charge in [-0.2, -0.15) is 0 Å². The molecule has 1 aliphatic rings. The van der Waals surface area contributed by atoms with Crippen molar-refractivity contribution in [1.29, 1.82) is 0 Å². The van der Waals surface area contributed by atoms with Crippen LogP contribution in [-0.2, 0) is 12.8 Å². The lowest BCUT2D eigenvalue weighted by Crippen LogP contribution is -1.90. The lowest BCUT2D eigenvalue weighted by molar-refractivity contribution is 0.628. The molecule has 4 rings (SSSR count). The Morgan fingerprint density at radius 2 is 1.60 bits per heavy atom. The molecule has 0 saturated carbocycles. The van der Waals surface area contributed by atoms with Gasteiger partial charge in [-0.1, -0.05) is 61.5 Å². The average molecular weight is 258 g/mol. The first kappa shape index (κ1) is 11.7. The number of rotatable bonds is 1. The van der Waals surface area contributed by atoms with Crippen molar-refractivity contribution in [2.45, 2.75) is 19.8 Å². The summed E-state index contributed by atoms with van der Waals surface area (Å²) in [6.07, 6.45) is 2.46. The summed E-state index contributed by atoms with van der Waals surface area (Å²) in [7, 11) is 0. The topological polar surface area (TPSA) is 0 Å². The van der Waals surface area contributed by atoms with Gasteiger partial charge in [-0.3, -0.25) is 0 Å². The van der Waals surface area contributed by atoms with Gasteiger partial charge in [0.25, 0.3) is 0 Å². The van der Waals surface area contributed by atoms with Crippen LogP contribution in [0.15, 0.2) is 60.7 Å². The molecule has 98 valence electrons. The van der Waals surface area contributed by atoms with E-state index in [1.165, 1.54) is 34.7 Å². The SMILES string of the molecule is CC1Cc2ccc3ccc(-c4ccccc4)cc3c2C1. The molecule has 0 amide bonds. The third-order valence-corrected chi connectivity index (χ3v) is 4.46. The first-order valence-corrected chi connectivity index (χ1v) is 7.41. The minimum Gasteiger partial charge on any atom is -0.0622 e. The maximum Gasteiger partial charge on any atom is -0.0143 e. The van der Waals surface area contributed by atoms with E-state index in [-0.39, 0.29) is 0 Å². The zero-order valence-electron chi connectivity index (χ0n) is 11.8. The predicted octanol–water partition coefficient (Wildman–Crippen LogP) is 5.24. The first-order chi connectivity index (χ1) is 9.81. The monoisotopic (exact) mass is 258 g/mol. The van der Waals surface area contributed by atoms with Crippen LogP contribution in [0.1, 0.15) is 18.1 Å². The molecular formula is C20H18. The molecule has 0 radical (unpaired) electrons. The van der Waals surface area contributed by atoms with Gasteiger partial charge in [0.15, 0.2) is 0 Å². The molecule has 20 heavy (non-hydrogen) atoms. The molecule has 0 saturated heterocycles. The van der Waals surface area contributed by atoms with Crippen LogP contribution in [0.4, 0.5) is 0 Å². The summed E-state index contributed by atoms with van der Waals surface area (Å²) in [5.41, 5.74) is 5.76. The summed E-state index contributed by atoms with van der Waals surface area (Å²) in [5, 5.41) is 2.82. The molecule has 0 fully saturated rings. The van der Waals surface area contributed by atoms with Gasteiger partial charge < -0.3 is 0 Å². The van der Waals surface area contributed by atoms with Gasteiger partial charge >= 0.3 is 0 Å². The van der Waals surface area contributed by atoms with Crippen molar-refractivity contribution in [3.05, 3.63) is 71.8 Å². The van der Waals surface area contributed by atoms with Crippen molar-refractivity contribution in [3.63, 3.8) is 0 Å². The van der Waals surface area contributed by atoms with E-state index in [0.717, 1.165) is 5.92 Å². The van der Waals surface area contributed by atoms with Gasteiger partial charge in [0.1, 0.15) is 0 Å². The minimum absolute atomic E-state index is 0.788. The Balaban J connectivity index is 1.93. The summed E-state index contributed by atoms with van der Waals surface area (Å²) in [5.74, 6) is 0.788. The van der Waals surface area contributed by atoms with E-state index in [4.69, 9.17) is 0 Å². The van der Waals surface area contributed by atoms with Gasteiger partial charge in [0.2, 0.25) is 0 Å². The molecule has 0 N–H and O–H groups in total. The summed E-state index contributed by atoms with van der Waals surface area (Å²) in [6, 6.07) is 22.1. The molecule has 1 aliphatic carbocycles. The van der Waals surface area contributed by atoms with Crippen LogP contribution in [0.3, 0.4) is 0 Å². The van der Waals surface area contributed by atoms with Gasteiger partial charge in [-0.25, -0.2) is 0 Å². The van der Waals surface area contributed by atoms with E-state index in [0.29, 0.717) is 0 Å². The quantitative estimate of drug-likeness (QED) is 0.560. The lowest BCUT2D eigenvalue weighted by atomic mass is 9.96. The van der Waals surface area contributed by atoms with Crippen LogP contribution in [-0.4, -0.2) is 0 Å². The van der Waals surface area contributed by atoms with E-state index in [1.807, 2.05) is 0 Å². The van der Waals surface area contributed by atoms with Crippen molar-refractivity contribution in [3.8, 4) is 11.1 Å². The Kier molecular flexibility index (Phi) is 2.63. The molecular weight excluding hydrogens is 240 g/mol. The van der Waals surface area contributed by atoms with E-state index in [2.05, 4.69) is 67.6 Å².